The van der Waals surface area contributed by atoms with Crippen LogP contribution in [0.1, 0.15) is 0 Å². The molecule has 0 heterocycles. The Hall–Kier alpha value is -0.700. The van der Waals surface area contributed by atoms with Crippen LogP contribution in [-0.2, 0) is 0 Å². The second-order valence-electron chi connectivity index (χ2n) is 2.34. The number of halogens is 3. The van der Waals surface area contributed by atoms with E-state index in [1.807, 2.05) is 30.3 Å². The predicted molar refractivity (Wildman–Crippen MR) is 63.1 cm³/mol. The standard InChI is InChI=1S/C9H7Cl3N2/c10-8(9(11)12)6-13-14-7-4-2-1-3-5-7/h1-6,14H/b13-6+. The van der Waals surface area contributed by atoms with Crippen molar-refractivity contribution in [2.24, 2.45) is 5.10 Å². The summed E-state index contributed by atoms with van der Waals surface area (Å²) in [5.41, 5.74) is 3.62. The number of benzene rings is 1. The van der Waals surface area contributed by atoms with Gasteiger partial charge in [0.1, 0.15) is 4.49 Å². The molecule has 0 fully saturated rings. The van der Waals surface area contributed by atoms with Crippen LogP contribution in [0.2, 0.25) is 0 Å². The Morgan fingerprint density at radius 2 is 1.79 bits per heavy atom. The number of nitrogens with one attached hydrogen (secondary N) is 1. The maximum absolute atomic E-state index is 5.61. The normalized spacial score (nSPS) is 10.2. The average molecular weight is 250 g/mol. The summed E-state index contributed by atoms with van der Waals surface area (Å²) in [6.45, 7) is 0. The van der Waals surface area contributed by atoms with Gasteiger partial charge in [-0.05, 0) is 12.1 Å². The van der Waals surface area contributed by atoms with Gasteiger partial charge in [0.2, 0.25) is 0 Å². The van der Waals surface area contributed by atoms with Gasteiger partial charge in [0, 0.05) is 0 Å². The first-order chi connectivity index (χ1) is 6.70. The molecule has 0 saturated carbocycles. The molecule has 0 aliphatic heterocycles. The molecule has 2 nitrogen and oxygen atoms in total. The lowest BCUT2D eigenvalue weighted by Gasteiger charge is -1.97. The van der Waals surface area contributed by atoms with E-state index in [9.17, 15) is 0 Å². The van der Waals surface area contributed by atoms with E-state index in [1.54, 1.807) is 0 Å². The number of hydrazone groups is 1. The summed E-state index contributed by atoms with van der Waals surface area (Å²) in [7, 11) is 0. The van der Waals surface area contributed by atoms with Crippen LogP contribution in [0.25, 0.3) is 0 Å². The van der Waals surface area contributed by atoms with Crippen molar-refractivity contribution >= 4 is 46.7 Å². The minimum absolute atomic E-state index is 0.00900. The van der Waals surface area contributed by atoms with Crippen LogP contribution in [0.15, 0.2) is 45.0 Å². The second kappa shape index (κ2) is 5.91. The Labute approximate surface area is 97.2 Å². The molecule has 0 aliphatic carbocycles. The molecule has 0 atom stereocenters. The molecule has 0 bridgehead atoms. The fourth-order valence-corrected chi connectivity index (χ4v) is 0.871. The minimum atomic E-state index is -0.00900. The zero-order valence-electron chi connectivity index (χ0n) is 7.05. The molecule has 74 valence electrons. The SMILES string of the molecule is ClC(Cl)=C(Cl)/C=N/Nc1ccccc1. The van der Waals surface area contributed by atoms with Gasteiger partial charge in [0.25, 0.3) is 0 Å². The lowest BCUT2D eigenvalue weighted by atomic mass is 10.3. The molecule has 1 rings (SSSR count). The van der Waals surface area contributed by atoms with Gasteiger partial charge in [0.15, 0.2) is 0 Å². The molecule has 1 aromatic carbocycles. The van der Waals surface area contributed by atoms with Gasteiger partial charge in [-0.3, -0.25) is 5.43 Å². The molecule has 0 spiro atoms. The van der Waals surface area contributed by atoms with Crippen LogP contribution < -0.4 is 5.43 Å². The molecule has 0 aromatic heterocycles. The lowest BCUT2D eigenvalue weighted by molar-refractivity contribution is 1.35. The summed E-state index contributed by atoms with van der Waals surface area (Å²) < 4.78 is -0.00900. The first kappa shape index (κ1) is 11.4. The van der Waals surface area contributed by atoms with Gasteiger partial charge >= 0.3 is 0 Å². The third kappa shape index (κ3) is 4.01. The zero-order chi connectivity index (χ0) is 10.4. The Balaban J connectivity index is 2.54. The quantitative estimate of drug-likeness (QED) is 0.636. The van der Waals surface area contributed by atoms with Crippen LogP contribution in [0.4, 0.5) is 5.69 Å². The smallest absolute Gasteiger partial charge is 0.127 e. The molecule has 14 heavy (non-hydrogen) atoms. The average Bonchev–Trinajstić information content (AvgIpc) is 2.19. The van der Waals surface area contributed by atoms with Gasteiger partial charge in [-0.15, -0.1) is 0 Å². The third-order valence-corrected chi connectivity index (χ3v) is 2.21. The lowest BCUT2D eigenvalue weighted by Crippen LogP contribution is -1.88. The van der Waals surface area contributed by atoms with E-state index in [0.717, 1.165) is 5.69 Å². The minimum Gasteiger partial charge on any atom is -0.278 e. The molecule has 0 radical (unpaired) electrons. The van der Waals surface area contributed by atoms with Crippen LogP contribution in [0, 0.1) is 0 Å². The maximum atomic E-state index is 5.61. The predicted octanol–water partition coefficient (Wildman–Crippen LogP) is 3.97. The number of allylic oxidation sites excluding steroid dienone is 1. The van der Waals surface area contributed by atoms with Crippen LogP contribution >= 0.6 is 34.8 Å². The molecule has 5 heteroatoms. The van der Waals surface area contributed by atoms with Gasteiger partial charge in [-0.1, -0.05) is 53.0 Å². The van der Waals surface area contributed by atoms with Gasteiger partial charge in [0.05, 0.1) is 16.9 Å². The van der Waals surface area contributed by atoms with E-state index < -0.39 is 0 Å². The fourth-order valence-electron chi connectivity index (χ4n) is 0.725. The second-order valence-corrected chi connectivity index (χ2v) is 3.70. The van der Waals surface area contributed by atoms with Crippen molar-refractivity contribution in [2.45, 2.75) is 0 Å². The van der Waals surface area contributed by atoms with Gasteiger partial charge in [-0.25, -0.2) is 0 Å². The van der Waals surface area contributed by atoms with Crippen molar-refractivity contribution in [1.82, 2.24) is 0 Å². The molecule has 1 N–H and O–H groups in total. The van der Waals surface area contributed by atoms with Crippen LogP contribution in [-0.4, -0.2) is 6.21 Å². The van der Waals surface area contributed by atoms with Gasteiger partial charge in [-0.2, -0.15) is 5.10 Å². The van der Waals surface area contributed by atoms with Crippen LogP contribution in [0.3, 0.4) is 0 Å². The topological polar surface area (TPSA) is 24.4 Å². The number of nitrogens with zero attached hydrogens (tertiary/aromatic N) is 1. The third-order valence-electron chi connectivity index (χ3n) is 1.33. The number of hydrogen-bond acceptors (Lipinski definition) is 2. The Kier molecular flexibility index (Phi) is 4.80. The highest BCUT2D eigenvalue weighted by Gasteiger charge is 1.93. The summed E-state index contributed by atoms with van der Waals surface area (Å²) >= 11 is 16.4. The number of rotatable bonds is 3. The number of hydrogen-bond donors (Lipinski definition) is 1. The number of anilines is 1. The largest absolute Gasteiger partial charge is 0.278 e. The van der Waals surface area contributed by atoms with E-state index in [0.29, 0.717) is 0 Å². The highest BCUT2D eigenvalue weighted by molar-refractivity contribution is 6.61. The first-order valence-corrected chi connectivity index (χ1v) is 4.88. The summed E-state index contributed by atoms with van der Waals surface area (Å²) in [4.78, 5) is 0. The monoisotopic (exact) mass is 248 g/mol. The van der Waals surface area contributed by atoms with Crippen molar-refractivity contribution < 1.29 is 0 Å². The van der Waals surface area contributed by atoms with E-state index in [-0.39, 0.29) is 9.52 Å². The molecular weight excluding hydrogens is 242 g/mol. The summed E-state index contributed by atoms with van der Waals surface area (Å²) in [5, 5.41) is 4.02. The molecular formula is C9H7Cl3N2. The van der Waals surface area contributed by atoms with Crippen molar-refractivity contribution in [3.63, 3.8) is 0 Å². The van der Waals surface area contributed by atoms with E-state index in [4.69, 9.17) is 34.8 Å². The highest BCUT2D eigenvalue weighted by atomic mass is 35.5. The van der Waals surface area contributed by atoms with E-state index in [2.05, 4.69) is 10.5 Å². The van der Waals surface area contributed by atoms with Crippen molar-refractivity contribution in [3.05, 3.63) is 39.9 Å². The van der Waals surface area contributed by atoms with Crippen molar-refractivity contribution in [1.29, 1.82) is 0 Å². The Bertz CT molecular complexity index is 342. The Morgan fingerprint density at radius 1 is 1.14 bits per heavy atom. The first-order valence-electron chi connectivity index (χ1n) is 3.75. The fraction of sp³-hybridized carbons (Fsp3) is 0. The summed E-state index contributed by atoms with van der Waals surface area (Å²) in [5.74, 6) is 0. The summed E-state index contributed by atoms with van der Waals surface area (Å²) in [6.07, 6.45) is 1.34. The zero-order valence-corrected chi connectivity index (χ0v) is 9.31. The maximum Gasteiger partial charge on any atom is 0.127 e. The Morgan fingerprint density at radius 3 is 2.36 bits per heavy atom. The van der Waals surface area contributed by atoms with Gasteiger partial charge < -0.3 is 0 Å². The summed E-state index contributed by atoms with van der Waals surface area (Å²) in [6, 6.07) is 9.44. The van der Waals surface area contributed by atoms with Crippen molar-refractivity contribution in [3.8, 4) is 0 Å². The molecule has 0 saturated heterocycles. The molecule has 0 amide bonds. The van der Waals surface area contributed by atoms with Crippen molar-refractivity contribution in [2.75, 3.05) is 5.43 Å². The highest BCUT2D eigenvalue weighted by Crippen LogP contribution is 2.15. The molecule has 1 aromatic rings. The number of para-hydroxylation sites is 1. The van der Waals surface area contributed by atoms with Crippen LogP contribution in [0.5, 0.6) is 0 Å². The molecule has 0 aliphatic rings. The molecule has 0 unspecified atom stereocenters. The van der Waals surface area contributed by atoms with E-state index in [1.165, 1.54) is 6.21 Å². The van der Waals surface area contributed by atoms with E-state index >= 15 is 0 Å².